The van der Waals surface area contributed by atoms with Gasteiger partial charge in [-0.2, -0.15) is 0 Å². The Morgan fingerprint density at radius 2 is 2.15 bits per heavy atom. The highest BCUT2D eigenvalue weighted by molar-refractivity contribution is 7.80. The summed E-state index contributed by atoms with van der Waals surface area (Å²) < 4.78 is 5.60. The third-order valence-electron chi connectivity index (χ3n) is 4.19. The molecule has 1 aliphatic carbocycles. The maximum Gasteiger partial charge on any atom is 0.166 e. The van der Waals surface area contributed by atoms with Gasteiger partial charge in [-0.3, -0.25) is 0 Å². The van der Waals surface area contributed by atoms with E-state index in [4.69, 9.17) is 17.0 Å². The second kappa shape index (κ2) is 6.55. The summed E-state index contributed by atoms with van der Waals surface area (Å²) in [6.45, 7) is 1.71. The van der Waals surface area contributed by atoms with Crippen LogP contribution in [0.3, 0.4) is 0 Å². The molecule has 4 heteroatoms. The lowest BCUT2D eigenvalue weighted by Crippen LogP contribution is -2.41. The van der Waals surface area contributed by atoms with Gasteiger partial charge >= 0.3 is 0 Å². The van der Waals surface area contributed by atoms with Crippen molar-refractivity contribution in [3.8, 4) is 0 Å². The zero-order valence-electron chi connectivity index (χ0n) is 11.7. The van der Waals surface area contributed by atoms with Crippen LogP contribution in [0.1, 0.15) is 42.9 Å². The van der Waals surface area contributed by atoms with Crippen LogP contribution in [0, 0.1) is 0 Å². The average molecular weight is 290 g/mol. The largest absolute Gasteiger partial charge is 0.376 e. The molecule has 1 aromatic rings. The van der Waals surface area contributed by atoms with E-state index in [0.29, 0.717) is 12.1 Å². The molecule has 0 unspecified atom stereocenters. The van der Waals surface area contributed by atoms with Crippen molar-refractivity contribution in [3.05, 3.63) is 35.4 Å². The van der Waals surface area contributed by atoms with Gasteiger partial charge in [-0.25, -0.2) is 0 Å². The molecule has 2 N–H and O–H groups in total. The maximum atomic E-state index is 5.60. The minimum absolute atomic E-state index is 0.327. The number of nitrogens with one attached hydrogen (secondary N) is 2. The lowest BCUT2D eigenvalue weighted by Gasteiger charge is -2.27. The van der Waals surface area contributed by atoms with E-state index in [2.05, 4.69) is 34.9 Å². The molecule has 2 atom stereocenters. The predicted octanol–water partition coefficient (Wildman–Crippen LogP) is 2.71. The lowest BCUT2D eigenvalue weighted by molar-refractivity contribution is 0.114. The van der Waals surface area contributed by atoms with Crippen LogP contribution in [0.2, 0.25) is 0 Å². The van der Waals surface area contributed by atoms with Crippen molar-refractivity contribution < 1.29 is 4.74 Å². The van der Waals surface area contributed by atoms with Crippen LogP contribution < -0.4 is 10.6 Å². The van der Waals surface area contributed by atoms with Crippen molar-refractivity contribution >= 4 is 17.3 Å². The smallest absolute Gasteiger partial charge is 0.166 e. The first-order chi connectivity index (χ1) is 9.83. The molecule has 1 heterocycles. The van der Waals surface area contributed by atoms with Gasteiger partial charge < -0.3 is 15.4 Å². The number of hydrogen-bond donors (Lipinski definition) is 2. The Labute approximate surface area is 126 Å². The second-order valence-corrected chi connectivity index (χ2v) is 6.04. The molecular weight excluding hydrogens is 268 g/mol. The molecule has 0 saturated carbocycles. The van der Waals surface area contributed by atoms with Crippen molar-refractivity contribution in [2.24, 2.45) is 0 Å². The van der Waals surface area contributed by atoms with E-state index >= 15 is 0 Å². The number of benzene rings is 1. The number of aryl methyl sites for hydroxylation is 1. The molecule has 0 aromatic heterocycles. The Bertz CT molecular complexity index is 471. The Kier molecular flexibility index (Phi) is 4.53. The zero-order chi connectivity index (χ0) is 13.8. The van der Waals surface area contributed by atoms with Crippen LogP contribution in [-0.4, -0.2) is 24.4 Å². The summed E-state index contributed by atoms with van der Waals surface area (Å²) in [7, 11) is 0. The third kappa shape index (κ3) is 3.30. The van der Waals surface area contributed by atoms with Gasteiger partial charge in [-0.1, -0.05) is 24.3 Å². The molecule has 1 aliphatic heterocycles. The fourth-order valence-electron chi connectivity index (χ4n) is 3.13. The maximum absolute atomic E-state index is 5.60. The Morgan fingerprint density at radius 1 is 1.25 bits per heavy atom. The van der Waals surface area contributed by atoms with E-state index in [0.717, 1.165) is 31.1 Å². The van der Waals surface area contributed by atoms with E-state index < -0.39 is 0 Å². The van der Waals surface area contributed by atoms with Crippen LogP contribution in [0.5, 0.6) is 0 Å². The fraction of sp³-hybridized carbons (Fsp3) is 0.562. The van der Waals surface area contributed by atoms with Crippen LogP contribution in [-0.2, 0) is 11.2 Å². The van der Waals surface area contributed by atoms with Gasteiger partial charge in [-0.15, -0.1) is 0 Å². The predicted molar refractivity (Wildman–Crippen MR) is 84.8 cm³/mol. The lowest BCUT2D eigenvalue weighted by atomic mass is 9.88. The molecule has 1 aromatic carbocycles. The van der Waals surface area contributed by atoms with Crippen molar-refractivity contribution in [1.29, 1.82) is 0 Å². The number of hydrogen-bond acceptors (Lipinski definition) is 2. The average Bonchev–Trinajstić information content (AvgIpc) is 2.99. The Morgan fingerprint density at radius 3 is 3.00 bits per heavy atom. The minimum atomic E-state index is 0.327. The van der Waals surface area contributed by atoms with Crippen molar-refractivity contribution in [1.82, 2.24) is 10.6 Å². The van der Waals surface area contributed by atoms with E-state index in [-0.39, 0.29) is 0 Å². The van der Waals surface area contributed by atoms with Gasteiger partial charge in [0.15, 0.2) is 5.11 Å². The quantitative estimate of drug-likeness (QED) is 0.839. The second-order valence-electron chi connectivity index (χ2n) is 5.63. The summed E-state index contributed by atoms with van der Waals surface area (Å²) >= 11 is 5.42. The van der Waals surface area contributed by atoms with E-state index in [1.54, 1.807) is 0 Å². The molecule has 2 aliphatic rings. The summed E-state index contributed by atoms with van der Waals surface area (Å²) in [6.07, 6.45) is 6.20. The van der Waals surface area contributed by atoms with Crippen molar-refractivity contribution in [2.45, 2.75) is 44.2 Å². The first-order valence-electron chi connectivity index (χ1n) is 7.57. The highest BCUT2D eigenvalue weighted by Gasteiger charge is 2.21. The molecule has 0 radical (unpaired) electrons. The van der Waals surface area contributed by atoms with Gasteiger partial charge in [0.1, 0.15) is 0 Å². The summed E-state index contributed by atoms with van der Waals surface area (Å²) in [5.74, 6) is 0. The first kappa shape index (κ1) is 13.8. The van der Waals surface area contributed by atoms with Crippen LogP contribution in [0.4, 0.5) is 0 Å². The van der Waals surface area contributed by atoms with Crippen LogP contribution in [0.25, 0.3) is 0 Å². The van der Waals surface area contributed by atoms with Gasteiger partial charge in [0.05, 0.1) is 12.1 Å². The van der Waals surface area contributed by atoms with Gasteiger partial charge in [0.25, 0.3) is 0 Å². The van der Waals surface area contributed by atoms with Gasteiger partial charge in [-0.05, 0) is 55.4 Å². The van der Waals surface area contributed by atoms with Crippen molar-refractivity contribution in [2.75, 3.05) is 13.2 Å². The third-order valence-corrected chi connectivity index (χ3v) is 4.45. The minimum Gasteiger partial charge on any atom is -0.376 e. The molecule has 1 fully saturated rings. The number of thiocarbonyl (C=S) groups is 1. The number of ether oxygens (including phenoxy) is 1. The molecule has 108 valence electrons. The van der Waals surface area contributed by atoms with Gasteiger partial charge in [0.2, 0.25) is 0 Å². The monoisotopic (exact) mass is 290 g/mol. The standard InChI is InChI=1S/C16H22N2OS/c20-16(17-11-13-7-4-10-19-13)18-15-9-3-6-12-5-1-2-8-14(12)15/h1-2,5,8,13,15H,3-4,6-7,9-11H2,(H2,17,18,20)/t13-,15+/m0/s1. The molecule has 0 amide bonds. The van der Waals surface area contributed by atoms with Crippen LogP contribution in [0.15, 0.2) is 24.3 Å². The molecule has 3 rings (SSSR count). The fourth-order valence-corrected chi connectivity index (χ4v) is 3.35. The van der Waals surface area contributed by atoms with E-state index in [1.807, 2.05) is 0 Å². The number of rotatable bonds is 3. The SMILES string of the molecule is S=C(NC[C@@H]1CCCO1)N[C@@H]1CCCc2ccccc21. The molecular formula is C16H22N2OS. The van der Waals surface area contributed by atoms with Gasteiger partial charge in [0, 0.05) is 13.2 Å². The molecule has 20 heavy (non-hydrogen) atoms. The van der Waals surface area contributed by atoms with E-state index in [1.165, 1.54) is 30.4 Å². The summed E-state index contributed by atoms with van der Waals surface area (Å²) in [5, 5.41) is 7.51. The normalized spacial score (nSPS) is 25.0. The topological polar surface area (TPSA) is 33.3 Å². The summed E-state index contributed by atoms with van der Waals surface area (Å²) in [4.78, 5) is 0. The molecule has 1 saturated heterocycles. The summed E-state index contributed by atoms with van der Waals surface area (Å²) in [6, 6.07) is 9.03. The zero-order valence-corrected chi connectivity index (χ0v) is 12.5. The highest BCUT2D eigenvalue weighted by atomic mass is 32.1. The molecule has 3 nitrogen and oxygen atoms in total. The Hall–Kier alpha value is -1.13. The highest BCUT2D eigenvalue weighted by Crippen LogP contribution is 2.29. The number of fused-ring (bicyclic) bond motifs is 1. The first-order valence-corrected chi connectivity index (χ1v) is 7.97. The van der Waals surface area contributed by atoms with Crippen LogP contribution >= 0.6 is 12.2 Å². The Balaban J connectivity index is 1.54. The summed E-state index contributed by atoms with van der Waals surface area (Å²) in [5.41, 5.74) is 2.86. The molecule has 0 bridgehead atoms. The van der Waals surface area contributed by atoms with Crippen molar-refractivity contribution in [3.63, 3.8) is 0 Å². The van der Waals surface area contributed by atoms with E-state index in [9.17, 15) is 0 Å². The molecule has 0 spiro atoms.